The van der Waals surface area contributed by atoms with Crippen molar-refractivity contribution in [2.75, 3.05) is 16.6 Å². The lowest BCUT2D eigenvalue weighted by Gasteiger charge is -2.10. The quantitative estimate of drug-likeness (QED) is 0.845. The predicted molar refractivity (Wildman–Crippen MR) is 78.5 cm³/mol. The number of rotatable bonds is 6. The lowest BCUT2D eigenvalue weighted by molar-refractivity contribution is 0.601. The molecule has 0 spiro atoms. The number of hydrogen-bond acceptors (Lipinski definition) is 7. The summed E-state index contributed by atoms with van der Waals surface area (Å²) in [7, 11) is -3.73. The van der Waals surface area contributed by atoms with E-state index in [0.717, 1.165) is 6.42 Å². The van der Waals surface area contributed by atoms with E-state index in [9.17, 15) is 8.42 Å². The first kappa shape index (κ1) is 14.7. The Kier molecular flexibility index (Phi) is 4.50. The van der Waals surface area contributed by atoms with E-state index in [1.165, 1.54) is 17.4 Å². The van der Waals surface area contributed by atoms with Gasteiger partial charge in [0.15, 0.2) is 0 Å². The van der Waals surface area contributed by atoms with Crippen LogP contribution in [0.3, 0.4) is 0 Å². The minimum Gasteiger partial charge on any atom is -0.369 e. The summed E-state index contributed by atoms with van der Waals surface area (Å²) < 4.78 is 27.1. The van der Waals surface area contributed by atoms with Gasteiger partial charge in [-0.2, -0.15) is 0 Å². The van der Waals surface area contributed by atoms with Crippen LogP contribution in [0, 0.1) is 6.92 Å². The standard InChI is InChI=1S/C11H15N5O2S2/c1-3-6-12-10-9(5-4-7-13-10)20(17,18)16-11-15-14-8(2)19-11/h4-5,7H,3,6H2,1-2H3,(H,12,13)(H,15,16). The zero-order chi connectivity index (χ0) is 14.6. The van der Waals surface area contributed by atoms with Crippen molar-refractivity contribution in [2.45, 2.75) is 25.2 Å². The highest BCUT2D eigenvalue weighted by molar-refractivity contribution is 7.93. The van der Waals surface area contributed by atoms with E-state index in [2.05, 4.69) is 25.2 Å². The Morgan fingerprint density at radius 1 is 1.35 bits per heavy atom. The van der Waals surface area contributed by atoms with Crippen LogP contribution >= 0.6 is 11.3 Å². The highest BCUT2D eigenvalue weighted by atomic mass is 32.2. The lowest BCUT2D eigenvalue weighted by Crippen LogP contribution is -2.16. The molecule has 0 saturated heterocycles. The molecule has 9 heteroatoms. The third-order valence-corrected chi connectivity index (χ3v) is 4.60. The normalized spacial score (nSPS) is 11.3. The molecule has 0 saturated carbocycles. The summed E-state index contributed by atoms with van der Waals surface area (Å²) in [6, 6.07) is 3.08. The maximum Gasteiger partial charge on any atom is 0.267 e. The van der Waals surface area contributed by atoms with Gasteiger partial charge in [-0.15, -0.1) is 10.2 Å². The van der Waals surface area contributed by atoms with E-state index in [0.29, 0.717) is 17.4 Å². The molecular formula is C11H15N5O2S2. The largest absolute Gasteiger partial charge is 0.369 e. The van der Waals surface area contributed by atoms with Crippen LogP contribution in [0.1, 0.15) is 18.4 Å². The third-order valence-electron chi connectivity index (χ3n) is 2.35. The highest BCUT2D eigenvalue weighted by Gasteiger charge is 2.20. The predicted octanol–water partition coefficient (Wildman–Crippen LogP) is 1.86. The molecule has 20 heavy (non-hydrogen) atoms. The molecular weight excluding hydrogens is 298 g/mol. The molecule has 2 rings (SSSR count). The molecule has 0 aliphatic heterocycles. The molecule has 0 atom stereocenters. The Balaban J connectivity index is 2.29. The summed E-state index contributed by atoms with van der Waals surface area (Å²) in [5.74, 6) is 0.336. The summed E-state index contributed by atoms with van der Waals surface area (Å²) in [6.45, 7) is 4.40. The van der Waals surface area contributed by atoms with Crippen molar-refractivity contribution in [1.29, 1.82) is 0 Å². The summed E-state index contributed by atoms with van der Waals surface area (Å²) in [5, 5.41) is 11.5. The fraction of sp³-hybridized carbons (Fsp3) is 0.364. The van der Waals surface area contributed by atoms with E-state index >= 15 is 0 Å². The van der Waals surface area contributed by atoms with Crippen molar-refractivity contribution >= 4 is 32.3 Å². The van der Waals surface area contributed by atoms with Crippen LogP contribution in [0.5, 0.6) is 0 Å². The summed E-state index contributed by atoms with van der Waals surface area (Å²) in [4.78, 5) is 4.16. The second-order valence-electron chi connectivity index (χ2n) is 4.01. The number of nitrogens with one attached hydrogen (secondary N) is 2. The second-order valence-corrected chi connectivity index (χ2v) is 6.84. The van der Waals surface area contributed by atoms with Gasteiger partial charge in [0.1, 0.15) is 15.7 Å². The number of pyridine rings is 1. The number of hydrogen-bond donors (Lipinski definition) is 2. The molecule has 0 aliphatic rings. The van der Waals surface area contributed by atoms with Gasteiger partial charge in [0.2, 0.25) is 5.13 Å². The van der Waals surface area contributed by atoms with Crippen molar-refractivity contribution in [1.82, 2.24) is 15.2 Å². The van der Waals surface area contributed by atoms with Crippen molar-refractivity contribution in [3.05, 3.63) is 23.3 Å². The average molecular weight is 313 g/mol. The minimum absolute atomic E-state index is 0.0984. The first-order valence-electron chi connectivity index (χ1n) is 6.04. The Bertz CT molecular complexity index is 684. The van der Waals surface area contributed by atoms with E-state index < -0.39 is 10.0 Å². The van der Waals surface area contributed by atoms with Crippen LogP contribution in [-0.2, 0) is 10.0 Å². The highest BCUT2D eigenvalue weighted by Crippen LogP contribution is 2.23. The van der Waals surface area contributed by atoms with Crippen molar-refractivity contribution < 1.29 is 8.42 Å². The Morgan fingerprint density at radius 3 is 2.80 bits per heavy atom. The van der Waals surface area contributed by atoms with E-state index in [-0.39, 0.29) is 10.0 Å². The lowest BCUT2D eigenvalue weighted by atomic mass is 10.4. The van der Waals surface area contributed by atoms with Gasteiger partial charge < -0.3 is 5.32 Å². The van der Waals surface area contributed by atoms with Gasteiger partial charge in [-0.05, 0) is 25.5 Å². The summed E-state index contributed by atoms with van der Waals surface area (Å²) in [6.07, 6.45) is 2.42. The zero-order valence-corrected chi connectivity index (χ0v) is 12.8. The Hall–Kier alpha value is -1.74. The van der Waals surface area contributed by atoms with Gasteiger partial charge in [0, 0.05) is 12.7 Å². The van der Waals surface area contributed by atoms with E-state index in [4.69, 9.17) is 0 Å². The van der Waals surface area contributed by atoms with Gasteiger partial charge in [0.25, 0.3) is 10.0 Å². The number of aryl methyl sites for hydroxylation is 1. The molecule has 0 aromatic carbocycles. The van der Waals surface area contributed by atoms with Crippen LogP contribution in [-0.4, -0.2) is 30.1 Å². The maximum absolute atomic E-state index is 12.3. The minimum atomic E-state index is -3.73. The van der Waals surface area contributed by atoms with E-state index in [1.807, 2.05) is 6.92 Å². The molecule has 0 bridgehead atoms. The fourth-order valence-corrected chi connectivity index (χ4v) is 3.45. The molecule has 0 unspecified atom stereocenters. The molecule has 2 aromatic rings. The molecule has 2 aromatic heterocycles. The first-order chi connectivity index (χ1) is 9.53. The molecule has 2 heterocycles. The van der Waals surface area contributed by atoms with Crippen molar-refractivity contribution in [3.8, 4) is 0 Å². The van der Waals surface area contributed by atoms with Gasteiger partial charge in [-0.1, -0.05) is 18.3 Å². The SMILES string of the molecule is CCCNc1ncccc1S(=O)(=O)Nc1nnc(C)s1. The van der Waals surface area contributed by atoms with Crippen molar-refractivity contribution in [2.24, 2.45) is 0 Å². The van der Waals surface area contributed by atoms with Crippen molar-refractivity contribution in [3.63, 3.8) is 0 Å². The first-order valence-corrected chi connectivity index (χ1v) is 8.34. The fourth-order valence-electron chi connectivity index (χ4n) is 1.49. The smallest absolute Gasteiger partial charge is 0.267 e. The van der Waals surface area contributed by atoms with Crippen LogP contribution in [0.2, 0.25) is 0 Å². The zero-order valence-electron chi connectivity index (χ0n) is 11.1. The number of aromatic nitrogens is 3. The van der Waals surface area contributed by atoms with Gasteiger partial charge in [0.05, 0.1) is 0 Å². The van der Waals surface area contributed by atoms with Gasteiger partial charge >= 0.3 is 0 Å². The van der Waals surface area contributed by atoms with Crippen LogP contribution in [0.15, 0.2) is 23.2 Å². The molecule has 0 radical (unpaired) electrons. The topological polar surface area (TPSA) is 96.9 Å². The summed E-state index contributed by atoms with van der Waals surface area (Å²) in [5.41, 5.74) is 0. The number of nitrogens with zero attached hydrogens (tertiary/aromatic N) is 3. The van der Waals surface area contributed by atoms with Gasteiger partial charge in [-0.25, -0.2) is 13.4 Å². The monoisotopic (exact) mass is 313 g/mol. The molecule has 0 aliphatic carbocycles. The van der Waals surface area contributed by atoms with Gasteiger partial charge in [-0.3, -0.25) is 4.72 Å². The molecule has 2 N–H and O–H groups in total. The van der Waals surface area contributed by atoms with E-state index in [1.54, 1.807) is 19.2 Å². The number of anilines is 2. The summed E-state index contributed by atoms with van der Waals surface area (Å²) >= 11 is 1.18. The average Bonchev–Trinajstić information content (AvgIpc) is 2.81. The third kappa shape index (κ3) is 3.42. The molecule has 108 valence electrons. The molecule has 7 nitrogen and oxygen atoms in total. The molecule has 0 fully saturated rings. The van der Waals surface area contributed by atoms with Crippen LogP contribution < -0.4 is 10.0 Å². The maximum atomic E-state index is 12.3. The second kappa shape index (κ2) is 6.14. The number of sulfonamides is 1. The Morgan fingerprint density at radius 2 is 2.15 bits per heavy atom. The van der Waals surface area contributed by atoms with Crippen LogP contribution in [0.25, 0.3) is 0 Å². The Labute approximate surface area is 121 Å². The van der Waals surface area contributed by atoms with Crippen LogP contribution in [0.4, 0.5) is 10.9 Å². The molecule has 0 amide bonds.